The normalized spacial score (nSPS) is 10.0. The maximum Gasteiger partial charge on any atom is 0.166 e. The van der Waals surface area contributed by atoms with Gasteiger partial charge in [-0.05, 0) is 12.1 Å². The van der Waals surface area contributed by atoms with E-state index < -0.39 is 0 Å². The number of nitrogens with zero attached hydrogens (tertiary/aromatic N) is 2. The maximum atomic E-state index is 5.89. The van der Waals surface area contributed by atoms with Gasteiger partial charge in [-0.2, -0.15) is 0 Å². The van der Waals surface area contributed by atoms with Gasteiger partial charge in [-0.15, -0.1) is 0 Å². The van der Waals surface area contributed by atoms with Crippen molar-refractivity contribution in [2.75, 3.05) is 5.43 Å². The Morgan fingerprint density at radius 1 is 1.20 bits per heavy atom. The Bertz CT molecular complexity index is 472. The molecule has 0 unspecified atom stereocenters. The molecule has 0 aliphatic rings. The van der Waals surface area contributed by atoms with Gasteiger partial charge in [0.2, 0.25) is 0 Å². The fraction of sp³-hybridized carbons (Fsp3) is 0. The Kier molecular flexibility index (Phi) is 2.80. The second-order valence-electron chi connectivity index (χ2n) is 2.91. The molecular weight excluding hydrogens is 212 g/mol. The van der Waals surface area contributed by atoms with Gasteiger partial charge in [0.05, 0.1) is 0 Å². The monoisotopic (exact) mass is 220 g/mol. The van der Waals surface area contributed by atoms with Gasteiger partial charge in [0.25, 0.3) is 0 Å². The van der Waals surface area contributed by atoms with Gasteiger partial charge in [0, 0.05) is 23.0 Å². The predicted octanol–water partition coefficient (Wildman–Crippen LogP) is 2.08. The van der Waals surface area contributed by atoms with Crippen LogP contribution in [0.25, 0.3) is 11.3 Å². The van der Waals surface area contributed by atoms with Crippen LogP contribution >= 0.6 is 11.6 Å². The summed E-state index contributed by atoms with van der Waals surface area (Å²) >= 11 is 5.89. The third-order valence-electron chi connectivity index (χ3n) is 1.93. The summed E-state index contributed by atoms with van der Waals surface area (Å²) < 4.78 is 0. The topological polar surface area (TPSA) is 63.8 Å². The average Bonchev–Trinajstić information content (AvgIpc) is 2.29. The van der Waals surface area contributed by atoms with Crippen molar-refractivity contribution in [1.82, 2.24) is 9.97 Å². The summed E-state index contributed by atoms with van der Waals surface area (Å²) in [5.74, 6) is 5.87. The Balaban J connectivity index is 2.53. The van der Waals surface area contributed by atoms with Crippen molar-refractivity contribution in [3.8, 4) is 11.3 Å². The molecule has 0 saturated heterocycles. The molecule has 0 aliphatic carbocycles. The smallest absolute Gasteiger partial charge is 0.166 e. The first kappa shape index (κ1) is 9.89. The van der Waals surface area contributed by atoms with Gasteiger partial charge in [0.1, 0.15) is 5.69 Å². The zero-order chi connectivity index (χ0) is 10.7. The third-order valence-corrected chi connectivity index (χ3v) is 2.17. The summed E-state index contributed by atoms with van der Waals surface area (Å²) in [5, 5.41) is 0.654. The highest BCUT2D eigenvalue weighted by molar-refractivity contribution is 6.30. The lowest BCUT2D eigenvalue weighted by Gasteiger charge is -2.06. The molecule has 4 nitrogen and oxygen atoms in total. The molecule has 0 aliphatic heterocycles. The van der Waals surface area contributed by atoms with E-state index in [4.69, 9.17) is 17.4 Å². The van der Waals surface area contributed by atoms with Crippen LogP contribution in [-0.2, 0) is 0 Å². The second-order valence-corrected chi connectivity index (χ2v) is 3.34. The van der Waals surface area contributed by atoms with Crippen LogP contribution in [0.15, 0.2) is 36.7 Å². The molecule has 1 aromatic heterocycles. The molecule has 1 aromatic carbocycles. The van der Waals surface area contributed by atoms with Crippen molar-refractivity contribution in [2.45, 2.75) is 0 Å². The molecule has 0 fully saturated rings. The molecule has 0 radical (unpaired) electrons. The summed E-state index contributed by atoms with van der Waals surface area (Å²) in [4.78, 5) is 8.26. The molecule has 5 heteroatoms. The number of rotatable bonds is 2. The van der Waals surface area contributed by atoms with Gasteiger partial charge in [-0.25, -0.2) is 10.8 Å². The molecule has 1 heterocycles. The van der Waals surface area contributed by atoms with E-state index in [1.165, 1.54) is 0 Å². The van der Waals surface area contributed by atoms with E-state index in [1.807, 2.05) is 18.2 Å². The fourth-order valence-corrected chi connectivity index (χ4v) is 1.48. The van der Waals surface area contributed by atoms with E-state index in [2.05, 4.69) is 15.4 Å². The van der Waals surface area contributed by atoms with E-state index in [0.717, 1.165) is 5.56 Å². The van der Waals surface area contributed by atoms with Gasteiger partial charge >= 0.3 is 0 Å². The molecule has 15 heavy (non-hydrogen) atoms. The van der Waals surface area contributed by atoms with Crippen molar-refractivity contribution < 1.29 is 0 Å². The number of benzene rings is 1. The van der Waals surface area contributed by atoms with E-state index in [-0.39, 0.29) is 0 Å². The van der Waals surface area contributed by atoms with E-state index >= 15 is 0 Å². The Hall–Kier alpha value is -1.65. The van der Waals surface area contributed by atoms with Crippen molar-refractivity contribution in [1.29, 1.82) is 0 Å². The van der Waals surface area contributed by atoms with Crippen LogP contribution in [0.5, 0.6) is 0 Å². The first-order chi connectivity index (χ1) is 7.31. The minimum atomic E-state index is 0.528. The number of halogens is 1. The standard InChI is InChI=1S/C10H9ClN4/c11-8-3-1-2-7(6-8)9-10(15-12)14-5-4-13-9/h1-6H,12H2,(H,14,15). The third kappa shape index (κ3) is 2.06. The zero-order valence-corrected chi connectivity index (χ0v) is 8.57. The van der Waals surface area contributed by atoms with Crippen LogP contribution in [-0.4, -0.2) is 9.97 Å². The van der Waals surface area contributed by atoms with Crippen LogP contribution in [0.2, 0.25) is 5.02 Å². The highest BCUT2D eigenvalue weighted by atomic mass is 35.5. The number of nitrogen functional groups attached to an aromatic ring is 1. The van der Waals surface area contributed by atoms with Crippen molar-refractivity contribution in [3.05, 3.63) is 41.7 Å². The highest BCUT2D eigenvalue weighted by Gasteiger charge is 2.06. The quantitative estimate of drug-likeness (QED) is 0.601. The number of hydrazine groups is 1. The largest absolute Gasteiger partial charge is 0.307 e. The fourth-order valence-electron chi connectivity index (χ4n) is 1.29. The molecule has 0 atom stereocenters. The first-order valence-corrected chi connectivity index (χ1v) is 4.72. The molecule has 3 N–H and O–H groups in total. The highest BCUT2D eigenvalue weighted by Crippen LogP contribution is 2.24. The van der Waals surface area contributed by atoms with E-state index in [0.29, 0.717) is 16.5 Å². The Morgan fingerprint density at radius 3 is 2.73 bits per heavy atom. The van der Waals surface area contributed by atoms with Gasteiger partial charge in [-0.1, -0.05) is 23.7 Å². The lowest BCUT2D eigenvalue weighted by Crippen LogP contribution is -2.10. The lowest BCUT2D eigenvalue weighted by atomic mass is 10.1. The minimum Gasteiger partial charge on any atom is -0.307 e. The summed E-state index contributed by atoms with van der Waals surface area (Å²) in [6.07, 6.45) is 3.18. The molecular formula is C10H9ClN4. The van der Waals surface area contributed by atoms with Crippen LogP contribution in [0, 0.1) is 0 Å². The zero-order valence-electron chi connectivity index (χ0n) is 7.81. The number of nitrogens with one attached hydrogen (secondary N) is 1. The number of hydrogen-bond donors (Lipinski definition) is 2. The second kappa shape index (κ2) is 4.25. The van der Waals surface area contributed by atoms with Crippen LogP contribution in [0.4, 0.5) is 5.82 Å². The molecule has 2 aromatic rings. The molecule has 0 bridgehead atoms. The number of hydrogen-bond acceptors (Lipinski definition) is 4. The van der Waals surface area contributed by atoms with Crippen LogP contribution in [0.3, 0.4) is 0 Å². The Morgan fingerprint density at radius 2 is 2.00 bits per heavy atom. The molecule has 0 amide bonds. The summed E-state index contributed by atoms with van der Waals surface area (Å²) in [7, 11) is 0. The number of aromatic nitrogens is 2. The van der Waals surface area contributed by atoms with Crippen molar-refractivity contribution >= 4 is 17.4 Å². The summed E-state index contributed by atoms with van der Waals surface area (Å²) in [6.45, 7) is 0. The van der Waals surface area contributed by atoms with Gasteiger partial charge < -0.3 is 5.43 Å². The van der Waals surface area contributed by atoms with Gasteiger partial charge in [-0.3, -0.25) is 4.98 Å². The van der Waals surface area contributed by atoms with E-state index in [1.54, 1.807) is 18.5 Å². The number of anilines is 1. The first-order valence-electron chi connectivity index (χ1n) is 4.35. The number of nitrogens with two attached hydrogens (primary N) is 1. The van der Waals surface area contributed by atoms with Crippen LogP contribution in [0.1, 0.15) is 0 Å². The Labute approximate surface area is 92.1 Å². The van der Waals surface area contributed by atoms with Gasteiger partial charge in [0.15, 0.2) is 5.82 Å². The SMILES string of the molecule is NNc1nccnc1-c1cccc(Cl)c1. The minimum absolute atomic E-state index is 0.528. The molecule has 76 valence electrons. The maximum absolute atomic E-state index is 5.89. The average molecular weight is 221 g/mol. The van der Waals surface area contributed by atoms with Crippen molar-refractivity contribution in [3.63, 3.8) is 0 Å². The summed E-state index contributed by atoms with van der Waals surface area (Å²) in [6, 6.07) is 7.37. The molecule has 0 saturated carbocycles. The predicted molar refractivity (Wildman–Crippen MR) is 60.3 cm³/mol. The summed E-state index contributed by atoms with van der Waals surface area (Å²) in [5.41, 5.74) is 4.06. The molecule has 0 spiro atoms. The van der Waals surface area contributed by atoms with Crippen molar-refractivity contribution in [2.24, 2.45) is 5.84 Å². The lowest BCUT2D eigenvalue weighted by molar-refractivity contribution is 1.16. The van der Waals surface area contributed by atoms with E-state index in [9.17, 15) is 0 Å². The molecule has 2 rings (SSSR count). The van der Waals surface area contributed by atoms with Crippen LogP contribution < -0.4 is 11.3 Å².